The average Bonchev–Trinajstić information content (AvgIpc) is 2.69. The van der Waals surface area contributed by atoms with Crippen LogP contribution in [0.5, 0.6) is 0 Å². The number of unbranched alkanes of at least 4 members (excludes halogenated alkanes) is 1. The van der Waals surface area contributed by atoms with Crippen molar-refractivity contribution in [3.8, 4) is 0 Å². The second-order valence-corrected chi connectivity index (χ2v) is 4.84. The van der Waals surface area contributed by atoms with Crippen LogP contribution in [0.15, 0.2) is 6.20 Å². The molecule has 1 atom stereocenters. The number of likely N-dealkylation sites (N-methyl/N-ethyl adjacent to an activating group) is 1. The maximum atomic E-state index is 4.13. The van der Waals surface area contributed by atoms with Crippen LogP contribution < -0.4 is 5.32 Å². The van der Waals surface area contributed by atoms with Gasteiger partial charge in [-0.15, -0.1) is 13.7 Å². The molecule has 0 saturated heterocycles. The van der Waals surface area contributed by atoms with E-state index in [0.717, 1.165) is 33.8 Å². The summed E-state index contributed by atoms with van der Waals surface area (Å²) >= 11 is 0. The number of hydrogen-bond acceptors (Lipinski definition) is 3. The van der Waals surface area contributed by atoms with Crippen molar-refractivity contribution in [1.29, 1.82) is 0 Å². The summed E-state index contributed by atoms with van der Waals surface area (Å²) in [6.07, 6.45) is 6.90. The minimum atomic E-state index is 0.965. The Labute approximate surface area is 93.6 Å². The third kappa shape index (κ3) is 5.24. The standard InChI is InChI=1S/C10H21N4P/c1-11-6-5-10-9-14(13-12-10)7-3-4-8-15-2/h9,11,15H,3-8H2,1-2H3. The van der Waals surface area contributed by atoms with E-state index in [1.807, 2.05) is 11.7 Å². The van der Waals surface area contributed by atoms with Crippen LogP contribution in [-0.4, -0.2) is 41.4 Å². The van der Waals surface area contributed by atoms with Gasteiger partial charge in [-0.2, -0.15) is 0 Å². The van der Waals surface area contributed by atoms with E-state index < -0.39 is 0 Å². The van der Waals surface area contributed by atoms with Gasteiger partial charge in [-0.1, -0.05) is 5.21 Å². The maximum absolute atomic E-state index is 4.13. The highest BCUT2D eigenvalue weighted by molar-refractivity contribution is 7.36. The topological polar surface area (TPSA) is 42.7 Å². The molecule has 0 fully saturated rings. The van der Waals surface area contributed by atoms with Crippen molar-refractivity contribution < 1.29 is 0 Å². The molecule has 0 radical (unpaired) electrons. The molecular formula is C10H21N4P. The zero-order valence-electron chi connectivity index (χ0n) is 9.66. The molecule has 0 aliphatic heterocycles. The summed E-state index contributed by atoms with van der Waals surface area (Å²) in [5.41, 5.74) is 1.08. The Morgan fingerprint density at radius 2 is 2.33 bits per heavy atom. The van der Waals surface area contributed by atoms with E-state index in [0.29, 0.717) is 0 Å². The molecule has 1 heterocycles. The SMILES string of the molecule is CNCCc1cn(CCCCPC)nn1. The molecule has 0 aliphatic rings. The number of nitrogens with zero attached hydrogens (tertiary/aromatic N) is 3. The van der Waals surface area contributed by atoms with E-state index in [1.165, 1.54) is 19.0 Å². The third-order valence-electron chi connectivity index (χ3n) is 2.28. The van der Waals surface area contributed by atoms with Gasteiger partial charge < -0.3 is 5.32 Å². The molecule has 0 aliphatic carbocycles. The van der Waals surface area contributed by atoms with E-state index in [9.17, 15) is 0 Å². The van der Waals surface area contributed by atoms with Crippen LogP contribution in [0.4, 0.5) is 0 Å². The van der Waals surface area contributed by atoms with Crippen LogP contribution in [0, 0.1) is 0 Å². The van der Waals surface area contributed by atoms with E-state index in [2.05, 4.69) is 28.5 Å². The zero-order chi connectivity index (χ0) is 10.9. The van der Waals surface area contributed by atoms with Gasteiger partial charge in [-0.3, -0.25) is 4.68 Å². The van der Waals surface area contributed by atoms with E-state index in [-0.39, 0.29) is 0 Å². The van der Waals surface area contributed by atoms with Crippen LogP contribution in [0.1, 0.15) is 18.5 Å². The lowest BCUT2D eigenvalue weighted by Gasteiger charge is -1.98. The van der Waals surface area contributed by atoms with Crippen LogP contribution in [-0.2, 0) is 13.0 Å². The predicted molar refractivity (Wildman–Crippen MR) is 66.0 cm³/mol. The molecule has 0 bridgehead atoms. The quantitative estimate of drug-likeness (QED) is 0.536. The maximum Gasteiger partial charge on any atom is 0.0839 e. The van der Waals surface area contributed by atoms with Crippen molar-refractivity contribution in [2.24, 2.45) is 0 Å². The van der Waals surface area contributed by atoms with Crippen molar-refractivity contribution in [2.45, 2.75) is 25.8 Å². The smallest absolute Gasteiger partial charge is 0.0839 e. The summed E-state index contributed by atoms with van der Waals surface area (Å²) in [7, 11) is 3.03. The molecule has 1 aromatic rings. The lowest BCUT2D eigenvalue weighted by Crippen LogP contribution is -2.10. The highest BCUT2D eigenvalue weighted by Gasteiger charge is 1.99. The van der Waals surface area contributed by atoms with Crippen LogP contribution >= 0.6 is 8.58 Å². The molecule has 15 heavy (non-hydrogen) atoms. The number of rotatable bonds is 8. The fraction of sp³-hybridized carbons (Fsp3) is 0.800. The van der Waals surface area contributed by atoms with Crippen LogP contribution in [0.25, 0.3) is 0 Å². The van der Waals surface area contributed by atoms with Gasteiger partial charge in [-0.05, 0) is 32.7 Å². The highest BCUT2D eigenvalue weighted by Crippen LogP contribution is 2.06. The first kappa shape index (κ1) is 12.6. The summed E-state index contributed by atoms with van der Waals surface area (Å²) < 4.78 is 1.96. The van der Waals surface area contributed by atoms with Gasteiger partial charge in [0.1, 0.15) is 0 Å². The lowest BCUT2D eigenvalue weighted by atomic mass is 10.3. The summed E-state index contributed by atoms with van der Waals surface area (Å²) in [6.45, 7) is 4.23. The first-order valence-electron chi connectivity index (χ1n) is 5.55. The molecule has 86 valence electrons. The number of nitrogens with one attached hydrogen (secondary N) is 1. The second-order valence-electron chi connectivity index (χ2n) is 3.64. The minimum Gasteiger partial charge on any atom is -0.319 e. The number of aryl methyl sites for hydroxylation is 1. The lowest BCUT2D eigenvalue weighted by molar-refractivity contribution is 0.554. The Balaban J connectivity index is 2.20. The van der Waals surface area contributed by atoms with Gasteiger partial charge in [0.2, 0.25) is 0 Å². The number of aromatic nitrogens is 3. The summed E-state index contributed by atoms with van der Waals surface area (Å²) in [5.74, 6) is 0. The molecule has 4 nitrogen and oxygen atoms in total. The molecular weight excluding hydrogens is 207 g/mol. The second kappa shape index (κ2) is 7.77. The fourth-order valence-corrected chi connectivity index (χ4v) is 1.99. The summed E-state index contributed by atoms with van der Waals surface area (Å²) in [6, 6.07) is 0. The molecule has 1 unspecified atom stereocenters. The normalized spacial score (nSPS) is 11.6. The first-order valence-corrected chi connectivity index (χ1v) is 7.25. The first-order chi connectivity index (χ1) is 7.36. The van der Waals surface area contributed by atoms with E-state index >= 15 is 0 Å². The van der Waals surface area contributed by atoms with Crippen LogP contribution in [0.3, 0.4) is 0 Å². The highest BCUT2D eigenvalue weighted by atomic mass is 31.1. The fourth-order valence-electron chi connectivity index (χ4n) is 1.39. The molecule has 1 rings (SSSR count). The Kier molecular flexibility index (Phi) is 6.53. The van der Waals surface area contributed by atoms with Crippen LogP contribution in [0.2, 0.25) is 0 Å². The molecule has 1 aromatic heterocycles. The Bertz CT molecular complexity index is 262. The monoisotopic (exact) mass is 228 g/mol. The Morgan fingerprint density at radius 1 is 1.47 bits per heavy atom. The van der Waals surface area contributed by atoms with Crippen molar-refractivity contribution in [2.75, 3.05) is 26.4 Å². The largest absolute Gasteiger partial charge is 0.319 e. The van der Waals surface area contributed by atoms with Crippen molar-refractivity contribution >= 4 is 8.58 Å². The van der Waals surface area contributed by atoms with Crippen molar-refractivity contribution in [1.82, 2.24) is 20.3 Å². The van der Waals surface area contributed by atoms with Gasteiger partial charge in [0.05, 0.1) is 5.69 Å². The number of hydrogen-bond donors (Lipinski definition) is 1. The van der Waals surface area contributed by atoms with Crippen molar-refractivity contribution in [3.05, 3.63) is 11.9 Å². The van der Waals surface area contributed by atoms with E-state index in [1.54, 1.807) is 0 Å². The van der Waals surface area contributed by atoms with Gasteiger partial charge in [0.25, 0.3) is 0 Å². The summed E-state index contributed by atoms with van der Waals surface area (Å²) in [4.78, 5) is 0. The zero-order valence-corrected chi connectivity index (χ0v) is 10.7. The summed E-state index contributed by atoms with van der Waals surface area (Å²) in [5, 5.41) is 11.3. The molecule has 0 amide bonds. The van der Waals surface area contributed by atoms with Gasteiger partial charge in [-0.25, -0.2) is 0 Å². The predicted octanol–water partition coefficient (Wildman–Crippen LogP) is 1.13. The third-order valence-corrected chi connectivity index (χ3v) is 3.13. The molecule has 1 N–H and O–H groups in total. The molecule has 0 spiro atoms. The van der Waals surface area contributed by atoms with E-state index in [4.69, 9.17) is 0 Å². The molecule has 5 heteroatoms. The molecule has 0 saturated carbocycles. The average molecular weight is 228 g/mol. The molecule has 0 aromatic carbocycles. The van der Waals surface area contributed by atoms with Gasteiger partial charge in [0, 0.05) is 25.7 Å². The Hall–Kier alpha value is -0.470. The minimum absolute atomic E-state index is 0.965. The van der Waals surface area contributed by atoms with Gasteiger partial charge in [0.15, 0.2) is 0 Å². The van der Waals surface area contributed by atoms with Gasteiger partial charge >= 0.3 is 0 Å². The van der Waals surface area contributed by atoms with Crippen molar-refractivity contribution in [3.63, 3.8) is 0 Å². The Morgan fingerprint density at radius 3 is 3.07 bits per heavy atom.